The number of aliphatic hydroxyl groups is 1. The lowest BCUT2D eigenvalue weighted by Crippen LogP contribution is -2.14. The van der Waals surface area contributed by atoms with Gasteiger partial charge in [0, 0.05) is 6.54 Å². The van der Waals surface area contributed by atoms with E-state index >= 15 is 0 Å². The molecule has 0 spiro atoms. The molecule has 0 fully saturated rings. The molecule has 0 aliphatic rings. The lowest BCUT2D eigenvalue weighted by Gasteiger charge is -2.13. The van der Waals surface area contributed by atoms with Crippen LogP contribution in [0.4, 0.5) is 14.5 Å². The summed E-state index contributed by atoms with van der Waals surface area (Å²) in [5.41, 5.74) is -0.251. The molecule has 1 atom stereocenters. The van der Waals surface area contributed by atoms with Gasteiger partial charge in [-0.3, -0.25) is 0 Å². The van der Waals surface area contributed by atoms with Gasteiger partial charge in [-0.2, -0.15) is 11.3 Å². The minimum absolute atomic E-state index is 0.0144. The number of hydrogen-bond acceptors (Lipinski definition) is 4. The van der Waals surface area contributed by atoms with Crippen LogP contribution in [0.25, 0.3) is 0 Å². The van der Waals surface area contributed by atoms with Gasteiger partial charge in [0.05, 0.1) is 17.4 Å². The lowest BCUT2D eigenvalue weighted by molar-refractivity contribution is 0.0690. The second-order valence-corrected chi connectivity index (χ2v) is 4.83. The first-order chi connectivity index (χ1) is 9.50. The molecule has 1 aromatic heterocycles. The fourth-order valence-electron chi connectivity index (χ4n) is 1.64. The Morgan fingerprint density at radius 3 is 2.65 bits per heavy atom. The van der Waals surface area contributed by atoms with Crippen molar-refractivity contribution in [3.8, 4) is 0 Å². The number of carboxylic acids is 1. The third kappa shape index (κ3) is 2.94. The largest absolute Gasteiger partial charge is 0.478 e. The Balaban J connectivity index is 2.11. The molecule has 2 aromatic rings. The molecule has 20 heavy (non-hydrogen) atoms. The van der Waals surface area contributed by atoms with Gasteiger partial charge in [-0.1, -0.05) is 0 Å². The lowest BCUT2D eigenvalue weighted by atomic mass is 10.1. The molecule has 3 N–H and O–H groups in total. The molecule has 2 rings (SSSR count). The molecule has 0 bridgehead atoms. The van der Waals surface area contributed by atoms with Crippen molar-refractivity contribution >= 4 is 23.0 Å². The molecule has 1 aromatic carbocycles. The van der Waals surface area contributed by atoms with Crippen LogP contribution < -0.4 is 5.32 Å². The number of benzene rings is 1. The number of carbonyl (C=O) groups is 1. The average molecular weight is 299 g/mol. The third-order valence-corrected chi connectivity index (χ3v) is 3.43. The van der Waals surface area contributed by atoms with Crippen molar-refractivity contribution in [3.63, 3.8) is 0 Å². The highest BCUT2D eigenvalue weighted by Crippen LogP contribution is 2.22. The van der Waals surface area contributed by atoms with Crippen LogP contribution in [0, 0.1) is 11.6 Å². The van der Waals surface area contributed by atoms with Crippen LogP contribution in [0.1, 0.15) is 22.0 Å². The predicted molar refractivity (Wildman–Crippen MR) is 71.1 cm³/mol. The zero-order valence-corrected chi connectivity index (χ0v) is 11.0. The molecular formula is C13H11F2NO3S. The number of halogens is 2. The number of rotatable bonds is 5. The topological polar surface area (TPSA) is 69.6 Å². The summed E-state index contributed by atoms with van der Waals surface area (Å²) in [5, 5.41) is 24.6. The molecule has 1 heterocycles. The summed E-state index contributed by atoms with van der Waals surface area (Å²) in [7, 11) is 0. The fourth-order valence-corrected chi connectivity index (χ4v) is 2.35. The third-order valence-electron chi connectivity index (χ3n) is 2.73. The Labute approximate surface area is 117 Å². The molecular weight excluding hydrogens is 288 g/mol. The van der Waals surface area contributed by atoms with Gasteiger partial charge in [-0.05, 0) is 34.5 Å². The van der Waals surface area contributed by atoms with Crippen LogP contribution in [0.2, 0.25) is 0 Å². The number of thiophene rings is 1. The van der Waals surface area contributed by atoms with E-state index in [1.807, 2.05) is 0 Å². The molecule has 0 saturated carbocycles. The standard InChI is InChI=1S/C13H11F2NO3S/c14-11-8(13(18)19)1-2-9(12(11)15)16-5-10(17)7-3-4-20-6-7/h1-4,6,10,16-17H,5H2,(H,18,19). The van der Waals surface area contributed by atoms with Crippen LogP contribution in [0.5, 0.6) is 0 Å². The zero-order valence-electron chi connectivity index (χ0n) is 10.1. The van der Waals surface area contributed by atoms with E-state index in [4.69, 9.17) is 5.11 Å². The summed E-state index contributed by atoms with van der Waals surface area (Å²) in [5.74, 6) is -4.24. The quantitative estimate of drug-likeness (QED) is 0.794. The second-order valence-electron chi connectivity index (χ2n) is 4.05. The summed E-state index contributed by atoms with van der Waals surface area (Å²) in [6.07, 6.45) is -0.858. The zero-order chi connectivity index (χ0) is 14.7. The smallest absolute Gasteiger partial charge is 0.338 e. The number of carboxylic acid groups (broad SMARTS) is 1. The Morgan fingerprint density at radius 1 is 1.30 bits per heavy atom. The Hall–Kier alpha value is -1.99. The Kier molecular flexibility index (Phi) is 4.31. The molecule has 0 amide bonds. The van der Waals surface area contributed by atoms with Crippen LogP contribution >= 0.6 is 11.3 Å². The minimum atomic E-state index is -1.54. The van der Waals surface area contributed by atoms with Crippen molar-refractivity contribution in [3.05, 3.63) is 51.7 Å². The SMILES string of the molecule is O=C(O)c1ccc(NCC(O)c2ccsc2)c(F)c1F. The molecule has 0 radical (unpaired) electrons. The number of hydrogen-bond donors (Lipinski definition) is 3. The fraction of sp³-hybridized carbons (Fsp3) is 0.154. The van der Waals surface area contributed by atoms with Crippen LogP contribution in [0.3, 0.4) is 0 Å². The van der Waals surface area contributed by atoms with E-state index in [0.29, 0.717) is 5.56 Å². The maximum atomic E-state index is 13.6. The van der Waals surface area contributed by atoms with E-state index in [1.54, 1.807) is 16.8 Å². The first-order valence-corrected chi connectivity index (χ1v) is 6.60. The molecule has 1 unspecified atom stereocenters. The van der Waals surface area contributed by atoms with Crippen molar-refractivity contribution in [2.24, 2.45) is 0 Å². The summed E-state index contributed by atoms with van der Waals surface area (Å²) in [6.45, 7) is -0.0144. The van der Waals surface area contributed by atoms with E-state index in [2.05, 4.69) is 5.32 Å². The first kappa shape index (κ1) is 14.4. The monoisotopic (exact) mass is 299 g/mol. The minimum Gasteiger partial charge on any atom is -0.478 e. The Morgan fingerprint density at radius 2 is 2.05 bits per heavy atom. The van der Waals surface area contributed by atoms with Crippen LogP contribution in [0.15, 0.2) is 29.0 Å². The Bertz CT molecular complexity index is 616. The molecule has 7 heteroatoms. The van der Waals surface area contributed by atoms with E-state index < -0.39 is 29.3 Å². The number of nitrogens with one attached hydrogen (secondary N) is 1. The van der Waals surface area contributed by atoms with Crippen LogP contribution in [-0.4, -0.2) is 22.7 Å². The van der Waals surface area contributed by atoms with Gasteiger partial charge in [0.1, 0.15) is 0 Å². The predicted octanol–water partition coefficient (Wildman–Crippen LogP) is 2.87. The van der Waals surface area contributed by atoms with Crippen molar-refractivity contribution in [1.82, 2.24) is 0 Å². The normalized spacial score (nSPS) is 12.2. The van der Waals surface area contributed by atoms with Gasteiger partial charge in [-0.25, -0.2) is 13.6 Å². The van der Waals surface area contributed by atoms with E-state index in [9.17, 15) is 18.7 Å². The van der Waals surface area contributed by atoms with Gasteiger partial charge >= 0.3 is 5.97 Å². The van der Waals surface area contributed by atoms with Crippen molar-refractivity contribution in [2.45, 2.75) is 6.10 Å². The van der Waals surface area contributed by atoms with Gasteiger partial charge in [0.25, 0.3) is 0 Å². The molecule has 0 saturated heterocycles. The highest BCUT2D eigenvalue weighted by atomic mass is 32.1. The van der Waals surface area contributed by atoms with E-state index in [0.717, 1.165) is 12.1 Å². The van der Waals surface area contributed by atoms with E-state index in [-0.39, 0.29) is 12.2 Å². The van der Waals surface area contributed by atoms with Gasteiger partial charge in [0.15, 0.2) is 11.6 Å². The highest BCUT2D eigenvalue weighted by molar-refractivity contribution is 7.07. The number of aromatic carboxylic acids is 1. The summed E-state index contributed by atoms with van der Waals surface area (Å²) >= 11 is 1.41. The average Bonchev–Trinajstić information content (AvgIpc) is 2.93. The van der Waals surface area contributed by atoms with Gasteiger partial charge in [-0.15, -0.1) is 0 Å². The van der Waals surface area contributed by atoms with Gasteiger partial charge in [0.2, 0.25) is 0 Å². The number of aliphatic hydroxyl groups excluding tert-OH is 1. The maximum absolute atomic E-state index is 13.6. The molecule has 106 valence electrons. The summed E-state index contributed by atoms with van der Waals surface area (Å²) in [6, 6.07) is 3.82. The van der Waals surface area contributed by atoms with Crippen molar-refractivity contribution < 1.29 is 23.8 Å². The number of anilines is 1. The maximum Gasteiger partial charge on any atom is 0.338 e. The molecule has 4 nitrogen and oxygen atoms in total. The van der Waals surface area contributed by atoms with Crippen molar-refractivity contribution in [1.29, 1.82) is 0 Å². The first-order valence-electron chi connectivity index (χ1n) is 5.66. The van der Waals surface area contributed by atoms with Crippen molar-refractivity contribution in [2.75, 3.05) is 11.9 Å². The second kappa shape index (κ2) is 5.98. The van der Waals surface area contributed by atoms with Gasteiger partial charge < -0.3 is 15.5 Å². The summed E-state index contributed by atoms with van der Waals surface area (Å²) < 4.78 is 27.1. The van der Waals surface area contributed by atoms with Crippen LogP contribution in [-0.2, 0) is 0 Å². The molecule has 0 aliphatic heterocycles. The summed E-state index contributed by atoms with van der Waals surface area (Å²) in [4.78, 5) is 10.6. The molecule has 0 aliphatic carbocycles. The van der Waals surface area contributed by atoms with E-state index in [1.165, 1.54) is 11.3 Å². The highest BCUT2D eigenvalue weighted by Gasteiger charge is 2.18.